The van der Waals surface area contributed by atoms with Crippen LogP contribution in [0.25, 0.3) is 0 Å². The first-order valence-electron chi connectivity index (χ1n) is 4.98. The maximum Gasteiger partial charge on any atom is 0.262 e. The lowest BCUT2D eigenvalue weighted by Gasteiger charge is -2.00. The summed E-state index contributed by atoms with van der Waals surface area (Å²) in [5, 5.41) is 8.61. The molecule has 0 aliphatic carbocycles. The van der Waals surface area contributed by atoms with E-state index in [4.69, 9.17) is 15.6 Å². The number of aromatic nitrogens is 2. The van der Waals surface area contributed by atoms with Crippen LogP contribution in [0.5, 0.6) is 0 Å². The van der Waals surface area contributed by atoms with E-state index in [1.807, 2.05) is 13.8 Å². The second-order valence-electron chi connectivity index (χ2n) is 3.52. The van der Waals surface area contributed by atoms with Crippen molar-refractivity contribution in [3.8, 4) is 0 Å². The zero-order chi connectivity index (χ0) is 12.4. The van der Waals surface area contributed by atoms with Crippen LogP contribution in [0.1, 0.15) is 17.0 Å². The van der Waals surface area contributed by atoms with Crippen LogP contribution in [-0.4, -0.2) is 15.8 Å². The Morgan fingerprint density at radius 1 is 1.47 bits per heavy atom. The number of aryl methyl sites for hydroxylation is 2. The van der Waals surface area contributed by atoms with Crippen molar-refractivity contribution in [3.05, 3.63) is 35.3 Å². The van der Waals surface area contributed by atoms with Gasteiger partial charge in [-0.15, -0.1) is 0 Å². The molecule has 0 aromatic carbocycles. The number of nitrogen functional groups attached to an aromatic ring is 1. The predicted molar refractivity (Wildman–Crippen MR) is 65.4 cm³/mol. The number of hydrogen-bond acceptors (Lipinski definition) is 5. The normalized spacial score (nSPS) is 10.5. The van der Waals surface area contributed by atoms with Crippen molar-refractivity contribution in [2.45, 2.75) is 24.1 Å². The Balaban J connectivity index is 2.24. The van der Waals surface area contributed by atoms with Gasteiger partial charge in [-0.2, -0.15) is 0 Å². The maximum absolute atomic E-state index is 7.35. The summed E-state index contributed by atoms with van der Waals surface area (Å²) < 4.78 is 5.45. The van der Waals surface area contributed by atoms with Gasteiger partial charge >= 0.3 is 0 Å². The summed E-state index contributed by atoms with van der Waals surface area (Å²) in [6.07, 6.45) is 1.61. The molecule has 0 aliphatic heterocycles. The number of nitrogens with zero attached hydrogens (tertiary/aromatic N) is 2. The monoisotopic (exact) mass is 248 g/mol. The van der Waals surface area contributed by atoms with Crippen LogP contribution in [0, 0.1) is 19.3 Å². The molecule has 2 aromatic rings. The van der Waals surface area contributed by atoms with Crippen molar-refractivity contribution < 1.29 is 4.42 Å². The minimum absolute atomic E-state index is 0.0222. The van der Waals surface area contributed by atoms with Gasteiger partial charge in [0.25, 0.3) is 5.22 Å². The molecule has 3 N–H and O–H groups in total. The molecule has 0 bridgehead atoms. The Morgan fingerprint density at radius 3 is 2.82 bits per heavy atom. The standard InChI is InChI=1S/C11H12N4OS/c1-6-7(2)16-11(15-6)17-9-5-8(10(12)13)3-4-14-9/h3-5H,1-2H3,(H3,12,13). The van der Waals surface area contributed by atoms with Gasteiger partial charge in [-0.3, -0.25) is 5.41 Å². The van der Waals surface area contributed by atoms with E-state index in [1.54, 1.807) is 18.3 Å². The highest BCUT2D eigenvalue weighted by atomic mass is 32.2. The van der Waals surface area contributed by atoms with E-state index in [0.717, 1.165) is 11.5 Å². The Labute approximate surface area is 103 Å². The summed E-state index contributed by atoms with van der Waals surface area (Å²) >= 11 is 1.31. The summed E-state index contributed by atoms with van der Waals surface area (Å²) in [5.74, 6) is 0.823. The SMILES string of the molecule is Cc1nc(Sc2cc(C(=N)N)ccn2)oc1C. The van der Waals surface area contributed by atoms with Crippen LogP contribution in [0.4, 0.5) is 0 Å². The number of hydrogen-bond donors (Lipinski definition) is 2. The fourth-order valence-electron chi connectivity index (χ4n) is 1.21. The van der Waals surface area contributed by atoms with E-state index in [9.17, 15) is 0 Å². The van der Waals surface area contributed by atoms with E-state index in [1.165, 1.54) is 11.8 Å². The van der Waals surface area contributed by atoms with Gasteiger partial charge in [0.2, 0.25) is 0 Å². The molecule has 0 amide bonds. The van der Waals surface area contributed by atoms with Gasteiger partial charge in [0.05, 0.1) is 5.69 Å². The van der Waals surface area contributed by atoms with Crippen LogP contribution < -0.4 is 5.73 Å². The van der Waals surface area contributed by atoms with E-state index >= 15 is 0 Å². The molecule has 6 heteroatoms. The summed E-state index contributed by atoms with van der Waals surface area (Å²) in [7, 11) is 0. The quantitative estimate of drug-likeness (QED) is 0.641. The Morgan fingerprint density at radius 2 is 2.24 bits per heavy atom. The van der Waals surface area contributed by atoms with Crippen molar-refractivity contribution in [1.29, 1.82) is 5.41 Å². The van der Waals surface area contributed by atoms with Crippen molar-refractivity contribution in [2.75, 3.05) is 0 Å². The minimum Gasteiger partial charge on any atom is -0.436 e. The molecule has 0 unspecified atom stereocenters. The van der Waals surface area contributed by atoms with E-state index in [2.05, 4.69) is 9.97 Å². The Kier molecular flexibility index (Phi) is 3.14. The van der Waals surface area contributed by atoms with Gasteiger partial charge in [-0.05, 0) is 37.7 Å². The number of amidine groups is 1. The van der Waals surface area contributed by atoms with Gasteiger partial charge in [-0.25, -0.2) is 9.97 Å². The number of nitrogens with two attached hydrogens (primary N) is 1. The molecular formula is C11H12N4OS. The van der Waals surface area contributed by atoms with Crippen LogP contribution >= 0.6 is 11.8 Å². The third-order valence-corrected chi connectivity index (χ3v) is 3.03. The molecule has 0 fully saturated rings. The molecule has 2 rings (SSSR count). The number of nitrogens with one attached hydrogen (secondary N) is 1. The second-order valence-corrected chi connectivity index (χ2v) is 4.49. The lowest BCUT2D eigenvalue weighted by Crippen LogP contribution is -2.10. The lowest BCUT2D eigenvalue weighted by molar-refractivity contribution is 0.431. The first kappa shape index (κ1) is 11.7. The topological polar surface area (TPSA) is 88.8 Å². The van der Waals surface area contributed by atoms with Gasteiger partial charge in [0.15, 0.2) is 0 Å². The van der Waals surface area contributed by atoms with Crippen molar-refractivity contribution in [1.82, 2.24) is 9.97 Å². The number of oxazole rings is 1. The van der Waals surface area contributed by atoms with Crippen LogP contribution in [-0.2, 0) is 0 Å². The smallest absolute Gasteiger partial charge is 0.262 e. The Bertz CT molecular complexity index is 545. The molecule has 0 aliphatic rings. The van der Waals surface area contributed by atoms with Crippen molar-refractivity contribution in [2.24, 2.45) is 5.73 Å². The molecule has 17 heavy (non-hydrogen) atoms. The molecular weight excluding hydrogens is 236 g/mol. The van der Waals surface area contributed by atoms with Gasteiger partial charge in [0, 0.05) is 11.8 Å². The average Bonchev–Trinajstić information content (AvgIpc) is 2.58. The highest BCUT2D eigenvalue weighted by Crippen LogP contribution is 2.27. The summed E-state index contributed by atoms with van der Waals surface area (Å²) in [4.78, 5) is 8.42. The Hall–Kier alpha value is -1.82. The summed E-state index contributed by atoms with van der Waals surface area (Å²) in [5.41, 5.74) is 6.92. The first-order chi connectivity index (χ1) is 8.06. The fourth-order valence-corrected chi connectivity index (χ4v) is 2.04. The van der Waals surface area contributed by atoms with Crippen molar-refractivity contribution >= 4 is 17.6 Å². The third kappa shape index (κ3) is 2.65. The molecule has 0 radical (unpaired) electrons. The number of rotatable bonds is 3. The van der Waals surface area contributed by atoms with Crippen LogP contribution in [0.3, 0.4) is 0 Å². The van der Waals surface area contributed by atoms with Crippen LogP contribution in [0.2, 0.25) is 0 Å². The van der Waals surface area contributed by atoms with Crippen LogP contribution in [0.15, 0.2) is 33.0 Å². The molecule has 2 aromatic heterocycles. The van der Waals surface area contributed by atoms with E-state index in [-0.39, 0.29) is 5.84 Å². The zero-order valence-corrected chi connectivity index (χ0v) is 10.3. The van der Waals surface area contributed by atoms with E-state index in [0.29, 0.717) is 15.8 Å². The molecule has 0 spiro atoms. The third-order valence-electron chi connectivity index (χ3n) is 2.25. The minimum atomic E-state index is 0.0222. The maximum atomic E-state index is 7.35. The molecule has 88 valence electrons. The lowest BCUT2D eigenvalue weighted by atomic mass is 10.2. The van der Waals surface area contributed by atoms with E-state index < -0.39 is 0 Å². The van der Waals surface area contributed by atoms with Gasteiger partial charge in [0.1, 0.15) is 16.6 Å². The molecule has 0 atom stereocenters. The molecule has 2 heterocycles. The molecule has 0 saturated heterocycles. The summed E-state index contributed by atoms with van der Waals surface area (Å²) in [6.45, 7) is 3.76. The highest BCUT2D eigenvalue weighted by molar-refractivity contribution is 7.99. The second kappa shape index (κ2) is 4.58. The first-order valence-corrected chi connectivity index (χ1v) is 5.80. The summed E-state index contributed by atoms with van der Waals surface area (Å²) in [6, 6.07) is 3.43. The number of pyridine rings is 1. The van der Waals surface area contributed by atoms with Gasteiger partial charge in [-0.1, -0.05) is 0 Å². The zero-order valence-electron chi connectivity index (χ0n) is 9.52. The highest BCUT2D eigenvalue weighted by Gasteiger charge is 2.09. The predicted octanol–water partition coefficient (Wildman–Crippen LogP) is 2.12. The largest absolute Gasteiger partial charge is 0.436 e. The van der Waals surface area contributed by atoms with Crippen molar-refractivity contribution in [3.63, 3.8) is 0 Å². The molecule has 0 saturated carbocycles. The average molecular weight is 248 g/mol. The van der Waals surface area contributed by atoms with Gasteiger partial charge < -0.3 is 10.2 Å². The fraction of sp³-hybridized carbons (Fsp3) is 0.182. The molecule has 5 nitrogen and oxygen atoms in total.